The Bertz CT molecular complexity index is 2580. The molecule has 53 heavy (non-hydrogen) atoms. The zero-order valence-corrected chi connectivity index (χ0v) is 30.2. The number of fused-ring (bicyclic) bond motifs is 7. The number of anilines is 6. The fraction of sp³-hybridized carbons (Fsp3) is 0.122. The number of carbonyl (C=O) groups excluding carboxylic acids is 1. The second-order valence-corrected chi connectivity index (χ2v) is 15.4. The van der Waals surface area contributed by atoms with E-state index in [1.54, 1.807) is 0 Å². The van der Waals surface area contributed by atoms with E-state index in [0.29, 0.717) is 0 Å². The Morgan fingerprint density at radius 2 is 1.02 bits per heavy atom. The molecule has 10 rings (SSSR count). The molecule has 4 nitrogen and oxygen atoms in total. The predicted octanol–water partition coefficient (Wildman–Crippen LogP) is 12.9. The first-order chi connectivity index (χ1) is 25.7. The van der Waals surface area contributed by atoms with Crippen LogP contribution in [0.2, 0.25) is 0 Å². The van der Waals surface area contributed by atoms with Crippen LogP contribution in [0.1, 0.15) is 65.9 Å². The molecule has 4 heteroatoms. The highest BCUT2D eigenvalue weighted by molar-refractivity contribution is 6.14. The number of ketones is 1. The number of hydrogen-bond donors (Lipinski definition) is 0. The summed E-state index contributed by atoms with van der Waals surface area (Å²) in [5, 5.41) is 0. The third kappa shape index (κ3) is 4.58. The molecule has 0 aromatic heterocycles. The predicted molar refractivity (Wildman–Crippen MR) is 215 cm³/mol. The van der Waals surface area contributed by atoms with Crippen LogP contribution in [0.5, 0.6) is 11.5 Å². The molecule has 0 fully saturated rings. The second-order valence-electron chi connectivity index (χ2n) is 15.4. The van der Waals surface area contributed by atoms with Crippen molar-refractivity contribution in [3.05, 3.63) is 191 Å². The van der Waals surface area contributed by atoms with Crippen LogP contribution >= 0.6 is 0 Å². The summed E-state index contributed by atoms with van der Waals surface area (Å²) in [7, 11) is 0. The molecule has 3 aliphatic rings. The van der Waals surface area contributed by atoms with Gasteiger partial charge in [-0.15, -0.1) is 0 Å². The Morgan fingerprint density at radius 3 is 1.72 bits per heavy atom. The minimum atomic E-state index is -0.316. The first-order valence-electron chi connectivity index (χ1n) is 18.3. The maximum Gasteiger partial charge on any atom is 0.193 e. The maximum atomic E-state index is 14.2. The minimum absolute atomic E-state index is 0.0627. The van der Waals surface area contributed by atoms with E-state index in [2.05, 4.69) is 165 Å². The molecule has 0 unspecified atom stereocenters. The highest BCUT2D eigenvalue weighted by Gasteiger charge is 2.40. The van der Waals surface area contributed by atoms with Crippen molar-refractivity contribution in [2.75, 3.05) is 9.80 Å². The van der Waals surface area contributed by atoms with Crippen molar-refractivity contribution < 1.29 is 9.53 Å². The van der Waals surface area contributed by atoms with Gasteiger partial charge in [0, 0.05) is 50.8 Å². The fourth-order valence-corrected chi connectivity index (χ4v) is 8.93. The van der Waals surface area contributed by atoms with E-state index in [0.717, 1.165) is 67.9 Å². The molecular formula is C49H38N2O2. The molecular weight excluding hydrogens is 649 g/mol. The van der Waals surface area contributed by atoms with Crippen molar-refractivity contribution in [1.82, 2.24) is 0 Å². The summed E-state index contributed by atoms with van der Waals surface area (Å²) in [5.41, 5.74) is 14.0. The van der Waals surface area contributed by atoms with Crippen LogP contribution in [0.15, 0.2) is 158 Å². The Kier molecular flexibility index (Phi) is 6.69. The number of benzene rings is 7. The van der Waals surface area contributed by atoms with Crippen LogP contribution in [-0.4, -0.2) is 5.78 Å². The van der Waals surface area contributed by atoms with Crippen molar-refractivity contribution >= 4 is 39.9 Å². The fourth-order valence-electron chi connectivity index (χ4n) is 8.93. The second kappa shape index (κ2) is 11.3. The number of para-hydroxylation sites is 2. The molecule has 256 valence electrons. The molecule has 0 bridgehead atoms. The average Bonchev–Trinajstić information content (AvgIpc) is 3.41. The van der Waals surface area contributed by atoms with E-state index in [1.807, 2.05) is 30.3 Å². The third-order valence-electron chi connectivity index (χ3n) is 11.6. The van der Waals surface area contributed by atoms with Crippen molar-refractivity contribution in [2.24, 2.45) is 0 Å². The summed E-state index contributed by atoms with van der Waals surface area (Å²) in [6, 6.07) is 55.0. The van der Waals surface area contributed by atoms with E-state index >= 15 is 0 Å². The van der Waals surface area contributed by atoms with Gasteiger partial charge in [0.15, 0.2) is 17.3 Å². The summed E-state index contributed by atoms with van der Waals surface area (Å²) < 4.78 is 6.98. The van der Waals surface area contributed by atoms with Gasteiger partial charge in [0.1, 0.15) is 0 Å². The largest absolute Gasteiger partial charge is 0.453 e. The third-order valence-corrected chi connectivity index (χ3v) is 11.6. The van der Waals surface area contributed by atoms with Crippen molar-refractivity contribution in [1.29, 1.82) is 0 Å². The summed E-state index contributed by atoms with van der Waals surface area (Å²) >= 11 is 0. The Hall–Kier alpha value is -6.39. The van der Waals surface area contributed by atoms with E-state index in [9.17, 15) is 4.79 Å². The van der Waals surface area contributed by atoms with Crippen molar-refractivity contribution in [3.63, 3.8) is 0 Å². The van der Waals surface area contributed by atoms with Gasteiger partial charge in [-0.2, -0.15) is 0 Å². The Morgan fingerprint density at radius 1 is 0.453 bits per heavy atom. The van der Waals surface area contributed by atoms with Gasteiger partial charge in [0.05, 0.1) is 11.4 Å². The van der Waals surface area contributed by atoms with Crippen molar-refractivity contribution in [3.8, 4) is 22.6 Å². The van der Waals surface area contributed by atoms with Gasteiger partial charge in [-0.25, -0.2) is 0 Å². The summed E-state index contributed by atoms with van der Waals surface area (Å²) in [4.78, 5) is 18.8. The van der Waals surface area contributed by atoms with Gasteiger partial charge >= 0.3 is 0 Å². The molecule has 0 saturated carbocycles. The number of nitrogens with zero attached hydrogens (tertiary/aromatic N) is 2. The van der Waals surface area contributed by atoms with Crippen LogP contribution in [-0.2, 0) is 10.8 Å². The summed E-state index contributed by atoms with van der Waals surface area (Å²) in [5.74, 6) is 1.58. The molecule has 0 N–H and O–H groups in total. The average molecular weight is 687 g/mol. The lowest BCUT2D eigenvalue weighted by atomic mass is 9.68. The maximum absolute atomic E-state index is 14.2. The van der Waals surface area contributed by atoms with Gasteiger partial charge in [-0.3, -0.25) is 4.79 Å². The molecule has 1 heterocycles. The van der Waals surface area contributed by atoms with Gasteiger partial charge in [0.25, 0.3) is 0 Å². The van der Waals surface area contributed by atoms with Crippen LogP contribution < -0.4 is 14.5 Å². The van der Waals surface area contributed by atoms with E-state index < -0.39 is 0 Å². The first kappa shape index (κ1) is 31.4. The van der Waals surface area contributed by atoms with Crippen LogP contribution in [0, 0.1) is 0 Å². The molecule has 0 atom stereocenters. The van der Waals surface area contributed by atoms with E-state index in [-0.39, 0.29) is 16.6 Å². The smallest absolute Gasteiger partial charge is 0.193 e. The normalized spacial score (nSPS) is 15.2. The molecule has 0 radical (unpaired) electrons. The number of ether oxygens (including phenoxy) is 1. The number of carbonyl (C=O) groups is 1. The zero-order valence-electron chi connectivity index (χ0n) is 30.2. The highest BCUT2D eigenvalue weighted by Crippen LogP contribution is 2.58. The zero-order chi connectivity index (χ0) is 36.1. The molecule has 0 amide bonds. The molecule has 0 spiro atoms. The number of rotatable bonds is 4. The summed E-state index contributed by atoms with van der Waals surface area (Å²) in [6.07, 6.45) is 0. The van der Waals surface area contributed by atoms with Gasteiger partial charge < -0.3 is 14.5 Å². The van der Waals surface area contributed by atoms with Crippen LogP contribution in [0.25, 0.3) is 11.1 Å². The lowest BCUT2D eigenvalue weighted by Gasteiger charge is -2.37. The van der Waals surface area contributed by atoms with Gasteiger partial charge in [0.2, 0.25) is 0 Å². The lowest BCUT2D eigenvalue weighted by Crippen LogP contribution is -2.30. The monoisotopic (exact) mass is 686 g/mol. The van der Waals surface area contributed by atoms with Crippen LogP contribution in [0.4, 0.5) is 34.1 Å². The standard InChI is InChI=1S/C49H38N2O2/c1-48(2)40-22-14-12-20-36(40)47(52)38-27-33(23-25-41(38)48)51-43-26-24-34(50(31-15-7-5-8-16-31)32-17-9-6-10-18-32)28-45(43)53-46-29-37-35-19-11-13-21-39(35)49(3,4)42(37)30-44(46)51/h5-30H,1-4H3. The number of hydrogen-bond acceptors (Lipinski definition) is 4. The minimum Gasteiger partial charge on any atom is -0.453 e. The summed E-state index contributed by atoms with van der Waals surface area (Å²) in [6.45, 7) is 9.03. The quantitative estimate of drug-likeness (QED) is 0.184. The molecule has 2 aliphatic carbocycles. The Labute approximate surface area is 310 Å². The van der Waals surface area contributed by atoms with Gasteiger partial charge in [-0.05, 0) is 94.0 Å². The first-order valence-corrected chi connectivity index (χ1v) is 18.3. The van der Waals surface area contributed by atoms with Crippen molar-refractivity contribution in [2.45, 2.75) is 38.5 Å². The topological polar surface area (TPSA) is 32.8 Å². The molecule has 7 aromatic carbocycles. The van der Waals surface area contributed by atoms with Crippen LogP contribution in [0.3, 0.4) is 0 Å². The Balaban J connectivity index is 1.18. The highest BCUT2D eigenvalue weighted by atomic mass is 16.5. The lowest BCUT2D eigenvalue weighted by molar-refractivity contribution is 0.103. The molecule has 7 aromatic rings. The molecule has 0 saturated heterocycles. The SMILES string of the molecule is CC1(C)c2ccccc2C(=O)c2cc(N3c4ccc(N(c5ccccc5)c5ccccc5)cc4Oc4cc5c(cc43)C(C)(C)c3ccccc3-5)ccc21. The van der Waals surface area contributed by atoms with E-state index in [1.165, 1.54) is 22.3 Å². The van der Waals surface area contributed by atoms with Gasteiger partial charge in [-0.1, -0.05) is 119 Å². The van der Waals surface area contributed by atoms with E-state index in [4.69, 9.17) is 4.74 Å². The molecule has 1 aliphatic heterocycles.